The number of benzene rings is 2. The molecule has 0 spiro atoms. The molecular weight excluding hydrogens is 370 g/mol. The smallest absolute Gasteiger partial charge is 0.156 e. The molecule has 5 heteroatoms. The minimum atomic E-state index is 0.767. The summed E-state index contributed by atoms with van der Waals surface area (Å²) in [7, 11) is 0. The molecule has 0 aliphatic heterocycles. The Kier molecular flexibility index (Phi) is 4.48. The van der Waals surface area contributed by atoms with E-state index in [1.165, 1.54) is 0 Å². The van der Waals surface area contributed by atoms with Gasteiger partial charge in [-0.1, -0.05) is 66.7 Å². The number of aryl methyl sites for hydroxylation is 2. The molecule has 5 nitrogen and oxygen atoms in total. The zero-order valence-electron chi connectivity index (χ0n) is 16.9. The third-order valence-electron chi connectivity index (χ3n) is 5.07. The molecule has 0 atom stereocenters. The van der Waals surface area contributed by atoms with Crippen LogP contribution in [0.4, 0.5) is 0 Å². The second-order valence-electron chi connectivity index (χ2n) is 7.25. The topological polar surface area (TPSA) is 48.5 Å². The molecule has 0 aliphatic rings. The lowest BCUT2D eigenvalue weighted by atomic mass is 10.1. The maximum atomic E-state index is 4.85. The van der Waals surface area contributed by atoms with Crippen molar-refractivity contribution in [2.45, 2.75) is 13.8 Å². The van der Waals surface area contributed by atoms with Crippen LogP contribution in [0.5, 0.6) is 0 Å². The van der Waals surface area contributed by atoms with Crippen molar-refractivity contribution in [3.63, 3.8) is 0 Å². The lowest BCUT2D eigenvalue weighted by Crippen LogP contribution is -2.07. The van der Waals surface area contributed by atoms with E-state index in [4.69, 9.17) is 15.2 Å². The molecule has 0 amide bonds. The fraction of sp³-hybridized carbons (Fsp3) is 0.0800. The molecule has 0 bridgehead atoms. The second kappa shape index (κ2) is 7.44. The molecule has 30 heavy (non-hydrogen) atoms. The minimum Gasteiger partial charge on any atom is -0.219 e. The van der Waals surface area contributed by atoms with Crippen LogP contribution in [0.25, 0.3) is 34.2 Å². The average Bonchev–Trinajstić information content (AvgIpc) is 3.38. The van der Waals surface area contributed by atoms with Crippen LogP contribution in [0, 0.1) is 13.8 Å². The van der Waals surface area contributed by atoms with E-state index in [1.54, 1.807) is 0 Å². The van der Waals surface area contributed by atoms with E-state index in [0.29, 0.717) is 0 Å². The monoisotopic (exact) mass is 391 g/mol. The van der Waals surface area contributed by atoms with E-state index in [-0.39, 0.29) is 0 Å². The Morgan fingerprint density at radius 2 is 0.967 bits per heavy atom. The lowest BCUT2D eigenvalue weighted by Gasteiger charge is -2.07. The average molecular weight is 391 g/mol. The summed E-state index contributed by atoms with van der Waals surface area (Å²) in [5, 5.41) is 9.57. The summed E-state index contributed by atoms with van der Waals surface area (Å²) in [6.45, 7) is 4.08. The van der Waals surface area contributed by atoms with Crippen LogP contribution in [0.2, 0.25) is 0 Å². The van der Waals surface area contributed by atoms with Crippen molar-refractivity contribution >= 4 is 0 Å². The molecule has 5 aromatic rings. The fourth-order valence-electron chi connectivity index (χ4n) is 3.56. The molecule has 0 radical (unpaired) electrons. The molecule has 2 aromatic carbocycles. The zero-order chi connectivity index (χ0) is 20.5. The Morgan fingerprint density at radius 1 is 0.533 bits per heavy atom. The first kappa shape index (κ1) is 18.1. The number of nitrogens with zero attached hydrogens (tertiary/aromatic N) is 5. The summed E-state index contributed by atoms with van der Waals surface area (Å²) in [5.74, 6) is 1.53. The van der Waals surface area contributed by atoms with Gasteiger partial charge in [-0.05, 0) is 38.1 Å². The van der Waals surface area contributed by atoms with Gasteiger partial charge in [0.2, 0.25) is 0 Å². The highest BCUT2D eigenvalue weighted by Gasteiger charge is 2.12. The van der Waals surface area contributed by atoms with Gasteiger partial charge in [0.15, 0.2) is 11.6 Å². The van der Waals surface area contributed by atoms with Crippen molar-refractivity contribution in [2.75, 3.05) is 0 Å². The predicted molar refractivity (Wildman–Crippen MR) is 119 cm³/mol. The van der Waals surface area contributed by atoms with Crippen LogP contribution in [-0.4, -0.2) is 24.5 Å². The van der Waals surface area contributed by atoms with Gasteiger partial charge < -0.3 is 0 Å². The molecule has 0 saturated carbocycles. The Hall–Kier alpha value is -3.99. The molecule has 5 rings (SSSR count). The first-order valence-electron chi connectivity index (χ1n) is 9.91. The summed E-state index contributed by atoms with van der Waals surface area (Å²) in [6, 6.07) is 30.4. The normalized spacial score (nSPS) is 11.0. The summed E-state index contributed by atoms with van der Waals surface area (Å²) < 4.78 is 3.76. The van der Waals surface area contributed by atoms with Gasteiger partial charge in [-0.25, -0.2) is 14.3 Å². The summed E-state index contributed by atoms with van der Waals surface area (Å²) in [4.78, 5) is 4.85. The number of rotatable bonds is 4. The van der Waals surface area contributed by atoms with Gasteiger partial charge in [0.1, 0.15) is 0 Å². The van der Waals surface area contributed by atoms with Crippen molar-refractivity contribution in [1.82, 2.24) is 24.5 Å². The molecule has 0 unspecified atom stereocenters. The van der Waals surface area contributed by atoms with Crippen molar-refractivity contribution in [3.05, 3.63) is 102 Å². The largest absolute Gasteiger partial charge is 0.219 e. The van der Waals surface area contributed by atoms with Crippen LogP contribution in [0.3, 0.4) is 0 Å². The third-order valence-corrected chi connectivity index (χ3v) is 5.07. The molecule has 0 aliphatic carbocycles. The third kappa shape index (κ3) is 3.31. The second-order valence-corrected chi connectivity index (χ2v) is 7.25. The van der Waals surface area contributed by atoms with Crippen molar-refractivity contribution in [3.8, 4) is 34.2 Å². The van der Waals surface area contributed by atoms with Gasteiger partial charge in [-0.2, -0.15) is 10.2 Å². The highest BCUT2D eigenvalue weighted by molar-refractivity contribution is 5.60. The van der Waals surface area contributed by atoms with Gasteiger partial charge in [0.05, 0.1) is 11.4 Å². The maximum absolute atomic E-state index is 4.85. The van der Waals surface area contributed by atoms with Gasteiger partial charge in [0, 0.05) is 22.5 Å². The Morgan fingerprint density at radius 3 is 1.40 bits per heavy atom. The van der Waals surface area contributed by atoms with Crippen molar-refractivity contribution < 1.29 is 0 Å². The number of pyridine rings is 1. The first-order chi connectivity index (χ1) is 14.7. The molecule has 0 saturated heterocycles. The van der Waals surface area contributed by atoms with Crippen molar-refractivity contribution in [2.24, 2.45) is 0 Å². The van der Waals surface area contributed by atoms with E-state index in [0.717, 1.165) is 45.5 Å². The van der Waals surface area contributed by atoms with E-state index in [9.17, 15) is 0 Å². The SMILES string of the molecule is Cc1cc(-c2ccccc2)nn1-c1cccc(-n2nc(-c3ccccc3)cc2C)n1. The molecule has 0 fully saturated rings. The number of aromatic nitrogens is 5. The summed E-state index contributed by atoms with van der Waals surface area (Å²) in [5.41, 5.74) is 6.10. The van der Waals surface area contributed by atoms with Crippen LogP contribution < -0.4 is 0 Å². The zero-order valence-corrected chi connectivity index (χ0v) is 16.9. The van der Waals surface area contributed by atoms with Crippen LogP contribution in [-0.2, 0) is 0 Å². The van der Waals surface area contributed by atoms with Gasteiger partial charge in [0.25, 0.3) is 0 Å². The summed E-state index contributed by atoms with van der Waals surface area (Å²) in [6.07, 6.45) is 0. The van der Waals surface area contributed by atoms with E-state index < -0.39 is 0 Å². The van der Waals surface area contributed by atoms with Gasteiger partial charge in [-0.15, -0.1) is 0 Å². The number of hydrogen-bond donors (Lipinski definition) is 0. The van der Waals surface area contributed by atoms with E-state index >= 15 is 0 Å². The Labute approximate surface area is 175 Å². The van der Waals surface area contributed by atoms with Crippen LogP contribution in [0.1, 0.15) is 11.4 Å². The Balaban J connectivity index is 1.53. The standard InChI is InChI=1S/C25H21N5/c1-18-16-22(20-10-5-3-6-11-20)27-29(18)24-14-9-15-25(26-24)30-19(2)17-23(28-30)21-12-7-4-8-13-21/h3-17H,1-2H3. The van der Waals surface area contributed by atoms with E-state index in [2.05, 4.69) is 36.4 Å². The predicted octanol–water partition coefficient (Wildman–Crippen LogP) is 5.40. The molecular formula is C25H21N5. The fourth-order valence-corrected chi connectivity index (χ4v) is 3.56. The maximum Gasteiger partial charge on any atom is 0.156 e. The van der Waals surface area contributed by atoms with Crippen molar-refractivity contribution in [1.29, 1.82) is 0 Å². The first-order valence-corrected chi connectivity index (χ1v) is 9.91. The lowest BCUT2D eigenvalue weighted by molar-refractivity contribution is 0.779. The highest BCUT2D eigenvalue weighted by atomic mass is 15.4. The van der Waals surface area contributed by atoms with Crippen LogP contribution in [0.15, 0.2) is 91.0 Å². The molecule has 0 N–H and O–H groups in total. The molecule has 3 aromatic heterocycles. The van der Waals surface area contributed by atoms with Gasteiger partial charge in [-0.3, -0.25) is 0 Å². The molecule has 3 heterocycles. The van der Waals surface area contributed by atoms with Gasteiger partial charge >= 0.3 is 0 Å². The van der Waals surface area contributed by atoms with E-state index in [1.807, 2.05) is 77.8 Å². The minimum absolute atomic E-state index is 0.767. The van der Waals surface area contributed by atoms with Crippen LogP contribution >= 0.6 is 0 Å². The highest BCUT2D eigenvalue weighted by Crippen LogP contribution is 2.23. The molecule has 146 valence electrons. The Bertz CT molecular complexity index is 1200. The number of hydrogen-bond acceptors (Lipinski definition) is 3. The quantitative estimate of drug-likeness (QED) is 0.412. The summed E-state index contributed by atoms with van der Waals surface area (Å²) >= 11 is 0.